The first-order valence-corrected chi connectivity index (χ1v) is 11.3. The first-order chi connectivity index (χ1) is 14.3. The van der Waals surface area contributed by atoms with Crippen LogP contribution in [0.2, 0.25) is 0 Å². The molecule has 1 aliphatic carbocycles. The van der Waals surface area contributed by atoms with Crippen molar-refractivity contribution >= 4 is 5.97 Å². The normalized spacial score (nSPS) is 23.2. The first kappa shape index (κ1) is 22.6. The van der Waals surface area contributed by atoms with Gasteiger partial charge in [-0.2, -0.15) is 0 Å². The lowest BCUT2D eigenvalue weighted by atomic mass is 9.64. The SMILES string of the molecule is CC(C)OC(C(=O)O[C@@H]1C[C@H](C)CC[C@H]1C(C)(C)c1ccccc1)c1ccccc1. The predicted octanol–water partition coefficient (Wildman–Crippen LogP) is 6.48. The summed E-state index contributed by atoms with van der Waals surface area (Å²) >= 11 is 0. The van der Waals surface area contributed by atoms with Gasteiger partial charge in [0, 0.05) is 5.92 Å². The van der Waals surface area contributed by atoms with E-state index in [1.165, 1.54) is 12.0 Å². The second-order valence-electron chi connectivity index (χ2n) is 9.56. The van der Waals surface area contributed by atoms with E-state index in [9.17, 15) is 4.79 Å². The smallest absolute Gasteiger partial charge is 0.340 e. The lowest BCUT2D eigenvalue weighted by molar-refractivity contribution is -0.173. The molecule has 2 aromatic carbocycles. The van der Waals surface area contributed by atoms with Crippen LogP contribution in [-0.2, 0) is 19.7 Å². The van der Waals surface area contributed by atoms with E-state index >= 15 is 0 Å². The average Bonchev–Trinajstić information content (AvgIpc) is 2.73. The summed E-state index contributed by atoms with van der Waals surface area (Å²) in [5.74, 6) is 0.546. The van der Waals surface area contributed by atoms with Crippen molar-refractivity contribution in [2.75, 3.05) is 0 Å². The van der Waals surface area contributed by atoms with E-state index in [1.54, 1.807) is 0 Å². The van der Waals surface area contributed by atoms with Crippen LogP contribution in [0.1, 0.15) is 71.1 Å². The fourth-order valence-electron chi connectivity index (χ4n) is 4.75. The van der Waals surface area contributed by atoms with Gasteiger partial charge in [0.2, 0.25) is 0 Å². The number of esters is 1. The fraction of sp³-hybridized carbons (Fsp3) is 0.519. The molecule has 1 fully saturated rings. The molecule has 0 aliphatic heterocycles. The zero-order valence-corrected chi connectivity index (χ0v) is 19.0. The number of carbonyl (C=O) groups is 1. The van der Waals surface area contributed by atoms with Gasteiger partial charge in [0.1, 0.15) is 6.10 Å². The van der Waals surface area contributed by atoms with Gasteiger partial charge in [-0.15, -0.1) is 0 Å². The molecule has 4 atom stereocenters. The summed E-state index contributed by atoms with van der Waals surface area (Å²) in [6, 6.07) is 20.3. The number of rotatable bonds is 7. The Kier molecular flexibility index (Phi) is 7.36. The average molecular weight is 409 g/mol. The van der Waals surface area contributed by atoms with Gasteiger partial charge in [0.05, 0.1) is 6.10 Å². The Hall–Kier alpha value is -2.13. The molecule has 0 bridgehead atoms. The van der Waals surface area contributed by atoms with Crippen molar-refractivity contribution in [3.63, 3.8) is 0 Å². The highest BCUT2D eigenvalue weighted by molar-refractivity contribution is 5.76. The Labute approximate surface area is 181 Å². The summed E-state index contributed by atoms with van der Waals surface area (Å²) in [5, 5.41) is 0. The van der Waals surface area contributed by atoms with E-state index in [0.29, 0.717) is 5.92 Å². The number of benzene rings is 2. The third-order valence-corrected chi connectivity index (χ3v) is 6.49. The van der Waals surface area contributed by atoms with Crippen LogP contribution in [0.4, 0.5) is 0 Å². The number of hydrogen-bond acceptors (Lipinski definition) is 3. The molecule has 2 aromatic rings. The first-order valence-electron chi connectivity index (χ1n) is 11.3. The molecule has 0 spiro atoms. The standard InChI is InChI=1S/C27H36O3/c1-19(2)29-25(21-12-8-6-9-13-21)26(28)30-24-18-20(3)16-17-23(24)27(4,5)22-14-10-7-11-15-22/h6-15,19-20,23-25H,16-18H2,1-5H3/t20-,23-,24-,25?/m1/s1. The molecule has 0 saturated heterocycles. The zero-order valence-electron chi connectivity index (χ0n) is 19.0. The van der Waals surface area contributed by atoms with Gasteiger partial charge in [-0.05, 0) is 49.1 Å². The summed E-state index contributed by atoms with van der Waals surface area (Å²) in [6.07, 6.45) is 2.25. The number of ether oxygens (including phenoxy) is 2. The summed E-state index contributed by atoms with van der Waals surface area (Å²) in [5.41, 5.74) is 2.07. The molecule has 3 rings (SSSR count). The highest BCUT2D eigenvalue weighted by Crippen LogP contribution is 2.44. The van der Waals surface area contributed by atoms with Gasteiger partial charge in [0.15, 0.2) is 6.10 Å². The van der Waals surface area contributed by atoms with E-state index in [4.69, 9.17) is 9.47 Å². The van der Waals surface area contributed by atoms with E-state index in [-0.39, 0.29) is 29.5 Å². The highest BCUT2D eigenvalue weighted by Gasteiger charge is 2.42. The second kappa shape index (κ2) is 9.78. The fourth-order valence-corrected chi connectivity index (χ4v) is 4.75. The molecular weight excluding hydrogens is 372 g/mol. The molecule has 162 valence electrons. The largest absolute Gasteiger partial charge is 0.460 e. The van der Waals surface area contributed by atoms with Crippen LogP contribution >= 0.6 is 0 Å². The van der Waals surface area contributed by atoms with Gasteiger partial charge in [-0.3, -0.25) is 0 Å². The van der Waals surface area contributed by atoms with Crippen LogP contribution in [0.25, 0.3) is 0 Å². The minimum Gasteiger partial charge on any atom is -0.460 e. The maximum atomic E-state index is 13.3. The molecule has 0 heterocycles. The summed E-state index contributed by atoms with van der Waals surface area (Å²) in [6.45, 7) is 10.7. The number of hydrogen-bond donors (Lipinski definition) is 0. The molecule has 1 saturated carbocycles. The molecule has 0 aromatic heterocycles. The van der Waals surface area contributed by atoms with Gasteiger partial charge >= 0.3 is 5.97 Å². The molecule has 0 radical (unpaired) electrons. The Morgan fingerprint density at radius 3 is 2.17 bits per heavy atom. The van der Waals surface area contributed by atoms with Crippen molar-refractivity contribution in [1.29, 1.82) is 0 Å². The molecule has 1 aliphatic rings. The molecule has 0 N–H and O–H groups in total. The Morgan fingerprint density at radius 1 is 0.967 bits per heavy atom. The number of carbonyl (C=O) groups excluding carboxylic acids is 1. The van der Waals surface area contributed by atoms with E-state index in [2.05, 4.69) is 45.0 Å². The molecule has 0 amide bonds. The van der Waals surface area contributed by atoms with Crippen molar-refractivity contribution < 1.29 is 14.3 Å². The summed E-state index contributed by atoms with van der Waals surface area (Å²) in [4.78, 5) is 13.3. The quantitative estimate of drug-likeness (QED) is 0.492. The van der Waals surface area contributed by atoms with Crippen molar-refractivity contribution in [2.45, 2.75) is 77.6 Å². The molecule has 1 unspecified atom stereocenters. The lowest BCUT2D eigenvalue weighted by Gasteiger charge is -2.44. The third kappa shape index (κ3) is 5.31. The Balaban J connectivity index is 1.84. The van der Waals surface area contributed by atoms with Gasteiger partial charge in [0.25, 0.3) is 0 Å². The minimum absolute atomic E-state index is 0.0652. The van der Waals surface area contributed by atoms with E-state index < -0.39 is 6.10 Å². The van der Waals surface area contributed by atoms with Crippen LogP contribution in [0.15, 0.2) is 60.7 Å². The van der Waals surface area contributed by atoms with Crippen LogP contribution in [-0.4, -0.2) is 18.2 Å². The van der Waals surface area contributed by atoms with Gasteiger partial charge in [-0.1, -0.05) is 87.9 Å². The van der Waals surface area contributed by atoms with E-state index in [0.717, 1.165) is 18.4 Å². The molecule has 3 heteroatoms. The third-order valence-electron chi connectivity index (χ3n) is 6.49. The van der Waals surface area contributed by atoms with Crippen molar-refractivity contribution in [3.8, 4) is 0 Å². The molecular formula is C27H36O3. The monoisotopic (exact) mass is 408 g/mol. The van der Waals surface area contributed by atoms with Crippen molar-refractivity contribution in [1.82, 2.24) is 0 Å². The maximum Gasteiger partial charge on any atom is 0.340 e. The van der Waals surface area contributed by atoms with Gasteiger partial charge < -0.3 is 9.47 Å². The predicted molar refractivity (Wildman–Crippen MR) is 121 cm³/mol. The van der Waals surface area contributed by atoms with Crippen LogP contribution in [0, 0.1) is 11.8 Å². The van der Waals surface area contributed by atoms with Crippen molar-refractivity contribution in [2.24, 2.45) is 11.8 Å². The summed E-state index contributed by atoms with van der Waals surface area (Å²) in [7, 11) is 0. The van der Waals surface area contributed by atoms with Crippen LogP contribution < -0.4 is 0 Å². The van der Waals surface area contributed by atoms with Crippen LogP contribution in [0.3, 0.4) is 0 Å². The second-order valence-corrected chi connectivity index (χ2v) is 9.56. The topological polar surface area (TPSA) is 35.5 Å². The Bertz CT molecular complexity index is 797. The highest BCUT2D eigenvalue weighted by atomic mass is 16.6. The van der Waals surface area contributed by atoms with Gasteiger partial charge in [-0.25, -0.2) is 4.79 Å². The molecule has 3 nitrogen and oxygen atoms in total. The Morgan fingerprint density at radius 2 is 1.57 bits per heavy atom. The van der Waals surface area contributed by atoms with E-state index in [1.807, 2.05) is 50.2 Å². The van der Waals surface area contributed by atoms with Crippen molar-refractivity contribution in [3.05, 3.63) is 71.8 Å². The maximum absolute atomic E-state index is 13.3. The van der Waals surface area contributed by atoms with Crippen LogP contribution in [0.5, 0.6) is 0 Å². The lowest BCUT2D eigenvalue weighted by Crippen LogP contribution is -2.44. The minimum atomic E-state index is -0.691. The zero-order chi connectivity index (χ0) is 21.7. The summed E-state index contributed by atoms with van der Waals surface area (Å²) < 4.78 is 12.2. The molecule has 30 heavy (non-hydrogen) atoms.